The molecule has 3 N–H and O–H groups in total. The van der Waals surface area contributed by atoms with Crippen molar-refractivity contribution in [2.24, 2.45) is 0 Å². The number of halogens is 1. The van der Waals surface area contributed by atoms with E-state index >= 15 is 0 Å². The zero-order valence-corrected chi connectivity index (χ0v) is 15.1. The summed E-state index contributed by atoms with van der Waals surface area (Å²) in [4.78, 5) is 27.9. The fourth-order valence-corrected chi connectivity index (χ4v) is 2.67. The molecular formula is C21H18FN3O3. The van der Waals surface area contributed by atoms with E-state index in [1.807, 2.05) is 0 Å². The summed E-state index contributed by atoms with van der Waals surface area (Å²) in [5, 5.41) is 11.4. The Hall–Kier alpha value is -3.58. The third-order valence-corrected chi connectivity index (χ3v) is 4.19. The summed E-state index contributed by atoms with van der Waals surface area (Å²) in [5.74, 6) is -1.33. The molecule has 28 heavy (non-hydrogen) atoms. The standard InChI is InChI=1S/C21H18FN3O3/c1-13-2-7-17(18(22)10-13)19-11-16(8-9-23-19)20(26)24-12-14-3-5-15(6-4-14)21(27)25-28/h2-11,28H,12H2,1H3,(H,24,26)(H,25,27). The summed E-state index contributed by atoms with van der Waals surface area (Å²) >= 11 is 0. The maximum absolute atomic E-state index is 14.2. The van der Waals surface area contributed by atoms with Crippen molar-refractivity contribution in [3.8, 4) is 11.3 Å². The van der Waals surface area contributed by atoms with Gasteiger partial charge in [0.25, 0.3) is 11.8 Å². The second-order valence-corrected chi connectivity index (χ2v) is 6.23. The van der Waals surface area contributed by atoms with Crippen LogP contribution in [0.15, 0.2) is 60.8 Å². The van der Waals surface area contributed by atoms with Gasteiger partial charge in [0.05, 0.1) is 5.69 Å². The van der Waals surface area contributed by atoms with E-state index in [1.54, 1.807) is 42.7 Å². The Balaban J connectivity index is 1.70. The molecular weight excluding hydrogens is 361 g/mol. The molecule has 0 aliphatic rings. The second kappa shape index (κ2) is 8.41. The van der Waals surface area contributed by atoms with E-state index in [2.05, 4.69) is 10.3 Å². The highest BCUT2D eigenvalue weighted by Crippen LogP contribution is 2.22. The number of hydroxylamine groups is 1. The van der Waals surface area contributed by atoms with E-state index in [1.165, 1.54) is 30.5 Å². The van der Waals surface area contributed by atoms with Gasteiger partial charge in [-0.15, -0.1) is 0 Å². The number of benzene rings is 2. The van der Waals surface area contributed by atoms with Gasteiger partial charge < -0.3 is 5.32 Å². The van der Waals surface area contributed by atoms with Crippen molar-refractivity contribution in [2.45, 2.75) is 13.5 Å². The molecule has 0 saturated heterocycles. The van der Waals surface area contributed by atoms with Gasteiger partial charge in [0.15, 0.2) is 0 Å². The van der Waals surface area contributed by atoms with Crippen LogP contribution in [-0.2, 0) is 6.54 Å². The molecule has 0 saturated carbocycles. The first-order valence-electron chi connectivity index (χ1n) is 8.52. The summed E-state index contributed by atoms with van der Waals surface area (Å²) in [5.41, 5.74) is 4.51. The van der Waals surface area contributed by atoms with Crippen molar-refractivity contribution in [1.82, 2.24) is 15.8 Å². The molecule has 2 amide bonds. The number of hydrogen-bond donors (Lipinski definition) is 3. The van der Waals surface area contributed by atoms with E-state index in [4.69, 9.17) is 5.21 Å². The molecule has 0 aliphatic carbocycles. The van der Waals surface area contributed by atoms with Crippen molar-refractivity contribution < 1.29 is 19.2 Å². The van der Waals surface area contributed by atoms with Gasteiger partial charge in [-0.3, -0.25) is 19.8 Å². The molecule has 142 valence electrons. The van der Waals surface area contributed by atoms with E-state index in [0.29, 0.717) is 22.4 Å². The largest absolute Gasteiger partial charge is 0.348 e. The lowest BCUT2D eigenvalue weighted by Gasteiger charge is -2.08. The zero-order chi connectivity index (χ0) is 20.1. The normalized spacial score (nSPS) is 10.4. The van der Waals surface area contributed by atoms with Crippen LogP contribution in [0.1, 0.15) is 31.8 Å². The molecule has 1 heterocycles. The first-order chi connectivity index (χ1) is 13.5. The molecule has 0 spiro atoms. The molecule has 1 aromatic heterocycles. The molecule has 0 aliphatic heterocycles. The monoisotopic (exact) mass is 379 g/mol. The second-order valence-electron chi connectivity index (χ2n) is 6.23. The number of aryl methyl sites for hydroxylation is 1. The predicted octanol–water partition coefficient (Wildman–Crippen LogP) is 3.25. The Morgan fingerprint density at radius 2 is 1.75 bits per heavy atom. The number of carbonyl (C=O) groups is 2. The number of nitrogens with zero attached hydrogens (tertiary/aromatic N) is 1. The topological polar surface area (TPSA) is 91.3 Å². The Labute approximate surface area is 161 Å². The van der Waals surface area contributed by atoms with Gasteiger partial charge in [-0.05, 0) is 54.4 Å². The lowest BCUT2D eigenvalue weighted by molar-refractivity contribution is 0.0706. The number of rotatable bonds is 5. The Bertz CT molecular complexity index is 1020. The maximum Gasteiger partial charge on any atom is 0.274 e. The Morgan fingerprint density at radius 3 is 2.43 bits per heavy atom. The number of carbonyl (C=O) groups excluding carboxylic acids is 2. The van der Waals surface area contributed by atoms with Crippen molar-refractivity contribution in [3.05, 3.63) is 88.9 Å². The molecule has 0 unspecified atom stereocenters. The highest BCUT2D eigenvalue weighted by molar-refractivity contribution is 5.95. The number of amides is 2. The average molecular weight is 379 g/mol. The highest BCUT2D eigenvalue weighted by atomic mass is 19.1. The number of aromatic nitrogens is 1. The van der Waals surface area contributed by atoms with Crippen LogP contribution in [0.25, 0.3) is 11.3 Å². The quantitative estimate of drug-likeness (QED) is 0.469. The lowest BCUT2D eigenvalue weighted by atomic mass is 10.1. The third kappa shape index (κ3) is 4.39. The van der Waals surface area contributed by atoms with Gasteiger partial charge in [0.2, 0.25) is 0 Å². The highest BCUT2D eigenvalue weighted by Gasteiger charge is 2.11. The minimum absolute atomic E-state index is 0.246. The zero-order valence-electron chi connectivity index (χ0n) is 15.1. The van der Waals surface area contributed by atoms with E-state index in [9.17, 15) is 14.0 Å². The van der Waals surface area contributed by atoms with E-state index in [0.717, 1.165) is 11.1 Å². The van der Waals surface area contributed by atoms with Crippen LogP contribution in [0.2, 0.25) is 0 Å². The minimum atomic E-state index is -0.608. The van der Waals surface area contributed by atoms with Gasteiger partial charge in [-0.1, -0.05) is 18.2 Å². The molecule has 3 rings (SSSR count). The van der Waals surface area contributed by atoms with E-state index in [-0.39, 0.29) is 12.5 Å². The summed E-state index contributed by atoms with van der Waals surface area (Å²) < 4.78 is 14.2. The van der Waals surface area contributed by atoms with Crippen molar-refractivity contribution >= 4 is 11.8 Å². The predicted molar refractivity (Wildman–Crippen MR) is 101 cm³/mol. The van der Waals surface area contributed by atoms with Crippen LogP contribution >= 0.6 is 0 Å². The summed E-state index contributed by atoms with van der Waals surface area (Å²) in [6, 6.07) is 14.4. The maximum atomic E-state index is 14.2. The van der Waals surface area contributed by atoms with E-state index < -0.39 is 11.7 Å². The third-order valence-electron chi connectivity index (χ3n) is 4.19. The van der Waals surface area contributed by atoms with Crippen LogP contribution in [0.3, 0.4) is 0 Å². The molecule has 0 fully saturated rings. The van der Waals surface area contributed by atoms with Crippen molar-refractivity contribution in [2.75, 3.05) is 0 Å². The van der Waals surface area contributed by atoms with Gasteiger partial charge in [0, 0.05) is 29.4 Å². The molecule has 2 aromatic carbocycles. The number of nitrogens with one attached hydrogen (secondary N) is 2. The van der Waals surface area contributed by atoms with Gasteiger partial charge >= 0.3 is 0 Å². The molecule has 6 nitrogen and oxygen atoms in total. The van der Waals surface area contributed by atoms with Crippen LogP contribution in [0.5, 0.6) is 0 Å². The minimum Gasteiger partial charge on any atom is -0.348 e. The SMILES string of the molecule is Cc1ccc(-c2cc(C(=O)NCc3ccc(C(=O)NO)cc3)ccn2)c(F)c1. The van der Waals surface area contributed by atoms with Crippen molar-refractivity contribution in [3.63, 3.8) is 0 Å². The number of pyridine rings is 1. The molecule has 0 bridgehead atoms. The molecule has 0 radical (unpaired) electrons. The molecule has 7 heteroatoms. The number of hydrogen-bond acceptors (Lipinski definition) is 4. The van der Waals surface area contributed by atoms with Crippen LogP contribution in [0, 0.1) is 12.7 Å². The van der Waals surface area contributed by atoms with Gasteiger partial charge in [0.1, 0.15) is 5.82 Å². The van der Waals surface area contributed by atoms with Crippen LogP contribution in [-0.4, -0.2) is 22.0 Å². The Morgan fingerprint density at radius 1 is 1.00 bits per heavy atom. The molecule has 0 atom stereocenters. The summed E-state index contributed by atoms with van der Waals surface area (Å²) in [6.07, 6.45) is 1.46. The van der Waals surface area contributed by atoms with Crippen LogP contribution in [0.4, 0.5) is 4.39 Å². The summed E-state index contributed by atoms with van der Waals surface area (Å²) in [7, 11) is 0. The average Bonchev–Trinajstić information content (AvgIpc) is 2.72. The smallest absolute Gasteiger partial charge is 0.274 e. The Kier molecular flexibility index (Phi) is 5.76. The summed E-state index contributed by atoms with van der Waals surface area (Å²) in [6.45, 7) is 2.04. The fraction of sp³-hybridized carbons (Fsp3) is 0.0952. The van der Waals surface area contributed by atoms with Crippen LogP contribution < -0.4 is 10.8 Å². The first-order valence-corrected chi connectivity index (χ1v) is 8.52. The molecule has 3 aromatic rings. The first kappa shape index (κ1) is 19.2. The van der Waals surface area contributed by atoms with Gasteiger partial charge in [-0.25, -0.2) is 9.87 Å². The van der Waals surface area contributed by atoms with Crippen molar-refractivity contribution in [1.29, 1.82) is 0 Å². The fourth-order valence-electron chi connectivity index (χ4n) is 2.67. The lowest BCUT2D eigenvalue weighted by Crippen LogP contribution is -2.23. The van der Waals surface area contributed by atoms with Gasteiger partial charge in [-0.2, -0.15) is 0 Å².